The van der Waals surface area contributed by atoms with Crippen molar-refractivity contribution in [2.24, 2.45) is 5.92 Å². The van der Waals surface area contributed by atoms with Crippen molar-refractivity contribution in [2.75, 3.05) is 0 Å². The molecule has 1 unspecified atom stereocenters. The van der Waals surface area contributed by atoms with Crippen molar-refractivity contribution in [3.05, 3.63) is 29.8 Å². The fourth-order valence-corrected chi connectivity index (χ4v) is 1.43. The standard InChI is InChI=1S/C13H17F3O2/c1-9(2)12(3,17)8-10-4-6-11(7-5-10)18-13(14,15)16/h4-7,9,17H,8H2,1-3H3. The van der Waals surface area contributed by atoms with Gasteiger partial charge in [0.1, 0.15) is 5.75 Å². The van der Waals surface area contributed by atoms with Crippen molar-refractivity contribution in [1.82, 2.24) is 0 Å². The molecule has 0 aromatic heterocycles. The summed E-state index contributed by atoms with van der Waals surface area (Å²) in [6.45, 7) is 5.49. The van der Waals surface area contributed by atoms with E-state index < -0.39 is 12.0 Å². The fourth-order valence-electron chi connectivity index (χ4n) is 1.43. The molecule has 0 fully saturated rings. The zero-order valence-electron chi connectivity index (χ0n) is 10.6. The third kappa shape index (κ3) is 4.56. The molecule has 0 aliphatic rings. The number of alkyl halides is 3. The molecule has 0 radical (unpaired) electrons. The van der Waals surface area contributed by atoms with Crippen molar-refractivity contribution < 1.29 is 23.0 Å². The Morgan fingerprint density at radius 1 is 1.17 bits per heavy atom. The number of rotatable bonds is 4. The zero-order valence-corrected chi connectivity index (χ0v) is 10.6. The molecule has 2 nitrogen and oxygen atoms in total. The van der Waals surface area contributed by atoms with E-state index in [1.54, 1.807) is 6.92 Å². The summed E-state index contributed by atoms with van der Waals surface area (Å²) >= 11 is 0. The summed E-state index contributed by atoms with van der Waals surface area (Å²) in [5.74, 6) is -0.195. The second kappa shape index (κ2) is 5.18. The van der Waals surface area contributed by atoms with Crippen LogP contribution in [0.4, 0.5) is 13.2 Å². The molecule has 5 heteroatoms. The lowest BCUT2D eigenvalue weighted by Crippen LogP contribution is -2.33. The molecule has 1 atom stereocenters. The maximum Gasteiger partial charge on any atom is 0.573 e. The summed E-state index contributed by atoms with van der Waals surface area (Å²) in [5.41, 5.74) is -0.116. The van der Waals surface area contributed by atoms with Crippen molar-refractivity contribution in [1.29, 1.82) is 0 Å². The number of benzene rings is 1. The highest BCUT2D eigenvalue weighted by Crippen LogP contribution is 2.25. The summed E-state index contributed by atoms with van der Waals surface area (Å²) in [4.78, 5) is 0. The summed E-state index contributed by atoms with van der Waals surface area (Å²) in [6, 6.07) is 5.55. The predicted octanol–water partition coefficient (Wildman–Crippen LogP) is 3.53. The Labute approximate surface area is 104 Å². The molecule has 0 saturated carbocycles. The van der Waals surface area contributed by atoms with Crippen molar-refractivity contribution >= 4 is 0 Å². The van der Waals surface area contributed by atoms with Gasteiger partial charge in [-0.3, -0.25) is 0 Å². The SMILES string of the molecule is CC(C)C(C)(O)Cc1ccc(OC(F)(F)F)cc1. The minimum absolute atomic E-state index is 0.0589. The molecule has 0 aliphatic carbocycles. The van der Waals surface area contributed by atoms with Gasteiger partial charge in [-0.05, 0) is 30.5 Å². The highest BCUT2D eigenvalue weighted by molar-refractivity contribution is 5.28. The fraction of sp³-hybridized carbons (Fsp3) is 0.538. The maximum atomic E-state index is 12.0. The molecule has 0 heterocycles. The van der Waals surface area contributed by atoms with Crippen LogP contribution in [0.5, 0.6) is 5.75 Å². The lowest BCUT2D eigenvalue weighted by atomic mass is 9.86. The van der Waals surface area contributed by atoms with Gasteiger partial charge >= 0.3 is 6.36 Å². The van der Waals surface area contributed by atoms with Gasteiger partial charge in [0.2, 0.25) is 0 Å². The monoisotopic (exact) mass is 262 g/mol. The molecule has 1 N–H and O–H groups in total. The normalized spacial score (nSPS) is 15.6. The van der Waals surface area contributed by atoms with Crippen molar-refractivity contribution in [2.45, 2.75) is 39.2 Å². The average Bonchev–Trinajstić information content (AvgIpc) is 2.18. The van der Waals surface area contributed by atoms with Gasteiger partial charge in [0.25, 0.3) is 0 Å². The minimum atomic E-state index is -4.68. The quantitative estimate of drug-likeness (QED) is 0.899. The first-order valence-corrected chi connectivity index (χ1v) is 5.67. The third-order valence-electron chi connectivity index (χ3n) is 2.96. The smallest absolute Gasteiger partial charge is 0.406 e. The van der Waals surface area contributed by atoms with Gasteiger partial charge < -0.3 is 9.84 Å². The van der Waals surface area contributed by atoms with Crippen molar-refractivity contribution in [3.63, 3.8) is 0 Å². The summed E-state index contributed by atoms with van der Waals surface area (Å²) < 4.78 is 39.6. The Kier molecular flexibility index (Phi) is 4.27. The van der Waals surface area contributed by atoms with Crippen LogP contribution in [0.2, 0.25) is 0 Å². The molecule has 0 saturated heterocycles. The Morgan fingerprint density at radius 2 is 1.67 bits per heavy atom. The first-order chi connectivity index (χ1) is 8.10. The molecule has 1 rings (SSSR count). The van der Waals surface area contributed by atoms with E-state index in [4.69, 9.17) is 0 Å². The van der Waals surface area contributed by atoms with Gasteiger partial charge in [0, 0.05) is 6.42 Å². The molecule has 0 spiro atoms. The van der Waals surface area contributed by atoms with E-state index in [0.717, 1.165) is 5.56 Å². The van der Waals surface area contributed by atoms with E-state index in [-0.39, 0.29) is 11.7 Å². The maximum absolute atomic E-state index is 12.0. The molecule has 102 valence electrons. The minimum Gasteiger partial charge on any atom is -0.406 e. The second-order valence-electron chi connectivity index (χ2n) is 4.88. The third-order valence-corrected chi connectivity index (χ3v) is 2.96. The van der Waals surface area contributed by atoms with Gasteiger partial charge in [-0.25, -0.2) is 0 Å². The molecular weight excluding hydrogens is 245 g/mol. The largest absolute Gasteiger partial charge is 0.573 e. The predicted molar refractivity (Wildman–Crippen MR) is 62.3 cm³/mol. The van der Waals surface area contributed by atoms with E-state index in [1.807, 2.05) is 13.8 Å². The Balaban J connectivity index is 2.72. The molecular formula is C13H17F3O2. The van der Waals surface area contributed by atoms with E-state index in [9.17, 15) is 18.3 Å². The summed E-state index contributed by atoms with van der Waals surface area (Å²) in [5, 5.41) is 10.1. The first-order valence-electron chi connectivity index (χ1n) is 5.67. The van der Waals surface area contributed by atoms with E-state index in [0.29, 0.717) is 6.42 Å². The zero-order chi connectivity index (χ0) is 14.0. The Bertz CT molecular complexity index is 380. The van der Waals surface area contributed by atoms with Crippen LogP contribution < -0.4 is 4.74 Å². The van der Waals surface area contributed by atoms with Crippen LogP contribution in [0.1, 0.15) is 26.3 Å². The summed E-state index contributed by atoms with van der Waals surface area (Å²) in [7, 11) is 0. The Morgan fingerprint density at radius 3 is 2.06 bits per heavy atom. The molecule has 0 bridgehead atoms. The van der Waals surface area contributed by atoms with Gasteiger partial charge in [-0.15, -0.1) is 13.2 Å². The van der Waals surface area contributed by atoms with Crippen LogP contribution in [0.3, 0.4) is 0 Å². The highest BCUT2D eigenvalue weighted by atomic mass is 19.4. The van der Waals surface area contributed by atoms with Gasteiger partial charge in [-0.2, -0.15) is 0 Å². The number of halogens is 3. The van der Waals surface area contributed by atoms with Crippen LogP contribution in [0, 0.1) is 5.92 Å². The van der Waals surface area contributed by atoms with E-state index >= 15 is 0 Å². The van der Waals surface area contributed by atoms with Crippen LogP contribution in [-0.2, 0) is 6.42 Å². The molecule has 0 aliphatic heterocycles. The number of hydrogen-bond acceptors (Lipinski definition) is 2. The van der Waals surface area contributed by atoms with Crippen LogP contribution in [0.25, 0.3) is 0 Å². The molecule has 1 aromatic carbocycles. The molecule has 1 aromatic rings. The number of hydrogen-bond donors (Lipinski definition) is 1. The van der Waals surface area contributed by atoms with Crippen LogP contribution in [-0.4, -0.2) is 17.1 Å². The first kappa shape index (κ1) is 14.8. The number of ether oxygens (including phenoxy) is 1. The van der Waals surface area contributed by atoms with Gasteiger partial charge in [-0.1, -0.05) is 26.0 Å². The van der Waals surface area contributed by atoms with Gasteiger partial charge in [0.15, 0.2) is 0 Å². The van der Waals surface area contributed by atoms with Crippen LogP contribution in [0.15, 0.2) is 24.3 Å². The van der Waals surface area contributed by atoms with E-state index in [1.165, 1.54) is 24.3 Å². The van der Waals surface area contributed by atoms with E-state index in [2.05, 4.69) is 4.74 Å². The number of aliphatic hydroxyl groups is 1. The highest BCUT2D eigenvalue weighted by Gasteiger charge is 2.31. The summed E-state index contributed by atoms with van der Waals surface area (Å²) in [6.07, 6.45) is -4.29. The van der Waals surface area contributed by atoms with Gasteiger partial charge in [0.05, 0.1) is 5.60 Å². The average molecular weight is 262 g/mol. The Hall–Kier alpha value is -1.23. The van der Waals surface area contributed by atoms with Crippen LogP contribution >= 0.6 is 0 Å². The van der Waals surface area contributed by atoms with Crippen molar-refractivity contribution in [3.8, 4) is 5.75 Å². The molecule has 18 heavy (non-hydrogen) atoms. The lowest BCUT2D eigenvalue weighted by molar-refractivity contribution is -0.274. The lowest BCUT2D eigenvalue weighted by Gasteiger charge is -2.27. The molecule has 0 amide bonds. The second-order valence-corrected chi connectivity index (χ2v) is 4.88. The topological polar surface area (TPSA) is 29.5 Å².